The zero-order chi connectivity index (χ0) is 87.8. The number of benzene rings is 11. The molecule has 0 N–H and O–H groups in total. The molecule has 0 radical (unpaired) electrons. The van der Waals surface area contributed by atoms with Gasteiger partial charge in [-0.1, -0.05) is 223 Å². The molecule has 1 aliphatic heterocycles. The van der Waals surface area contributed by atoms with Gasteiger partial charge in [-0.15, -0.1) is 29.7 Å². The minimum Gasteiger partial charge on any atom is -0.510 e. The van der Waals surface area contributed by atoms with Crippen molar-refractivity contribution in [2.75, 3.05) is 0 Å². The van der Waals surface area contributed by atoms with Crippen LogP contribution in [0.2, 0.25) is 0 Å². The van der Waals surface area contributed by atoms with Gasteiger partial charge < -0.3 is 13.9 Å². The van der Waals surface area contributed by atoms with Crippen molar-refractivity contribution in [1.82, 2.24) is 14.1 Å². The smallest absolute Gasteiger partial charge is 0.268 e. The summed E-state index contributed by atoms with van der Waals surface area (Å²) < 4.78 is 311. The Bertz CT molecular complexity index is 6660. The van der Waals surface area contributed by atoms with E-state index in [9.17, 15) is 27.4 Å². The van der Waals surface area contributed by atoms with E-state index >= 15 is 0 Å². The molecule has 0 spiro atoms. The summed E-state index contributed by atoms with van der Waals surface area (Å²) in [5.74, 6) is 0.983. The van der Waals surface area contributed by atoms with E-state index in [4.69, 9.17) is 26.2 Å². The van der Waals surface area contributed by atoms with Gasteiger partial charge in [0.25, 0.3) is 6.33 Å². The number of nitrogens with zero attached hydrogens (tertiary/aromatic N) is 4. The van der Waals surface area contributed by atoms with E-state index in [2.05, 4.69) is 39.2 Å². The van der Waals surface area contributed by atoms with Crippen LogP contribution in [0.3, 0.4) is 0 Å². The molecule has 0 saturated heterocycles. The van der Waals surface area contributed by atoms with Crippen molar-refractivity contribution < 1.29 is 74.2 Å². The number of imidazole rings is 1. The minimum absolute atomic E-state index is 0. The van der Waals surface area contributed by atoms with E-state index in [-0.39, 0.29) is 82.6 Å². The first-order valence-corrected chi connectivity index (χ1v) is 28.4. The largest absolute Gasteiger partial charge is 0.510 e. The Morgan fingerprint density at radius 2 is 1.14 bits per heavy atom. The molecule has 4 heterocycles. The third-order valence-corrected chi connectivity index (χ3v) is 16.2. The van der Waals surface area contributed by atoms with E-state index in [1.807, 2.05) is 47.0 Å². The maximum absolute atomic E-state index is 10.7. The van der Waals surface area contributed by atoms with Crippen LogP contribution in [-0.2, 0) is 37.3 Å². The third-order valence-electron chi connectivity index (χ3n) is 16.2. The molecular weight excluding hydrogens is 1280 g/mol. The molecule has 0 fully saturated rings. The molecule has 3 aromatic heterocycles. The summed E-state index contributed by atoms with van der Waals surface area (Å²) in [5, 5.41) is 1.74. The fourth-order valence-corrected chi connectivity index (χ4v) is 12.0. The normalized spacial score (nSPS) is 20.5. The van der Waals surface area contributed by atoms with Crippen molar-refractivity contribution in [2.24, 2.45) is 0 Å². The summed E-state index contributed by atoms with van der Waals surface area (Å²) in [4.78, 5) is 4.82. The Morgan fingerprint density at radius 3 is 1.89 bits per heavy atom. The zero-order valence-electron chi connectivity index (χ0n) is 79.9. The Morgan fingerprint density at radius 1 is 0.522 bits per heavy atom. The monoisotopic (exact) mass is 1370 g/mol. The minimum atomic E-state index is -4.71. The van der Waals surface area contributed by atoms with Gasteiger partial charge >= 0.3 is 0 Å². The molecule has 90 heavy (non-hydrogen) atoms. The number of fused-ring (bicyclic) bond motifs is 11. The van der Waals surface area contributed by atoms with Crippen LogP contribution in [0.4, 0.5) is 0 Å². The molecule has 6 heteroatoms. The molecule has 5 nitrogen and oxygen atoms in total. The van der Waals surface area contributed by atoms with Crippen LogP contribution in [0, 0.1) is 18.5 Å². The quantitative estimate of drug-likeness (QED) is 0.112. The van der Waals surface area contributed by atoms with Crippen LogP contribution >= 0.6 is 0 Å². The van der Waals surface area contributed by atoms with Crippen LogP contribution in [0.5, 0.6) is 11.5 Å². The molecule has 0 unspecified atom stereocenters. The van der Waals surface area contributed by atoms with Crippen molar-refractivity contribution in [2.45, 2.75) is 77.2 Å². The van der Waals surface area contributed by atoms with E-state index in [1.165, 1.54) is 41.0 Å². The number of para-hydroxylation sites is 3. The second kappa shape index (κ2) is 21.8. The number of pyridine rings is 1. The average Bonchev–Trinajstić information content (AvgIpc) is 0.835. The molecule has 11 aromatic carbocycles. The first-order chi connectivity index (χ1) is 56.5. The number of rotatable bonds is 8. The van der Waals surface area contributed by atoms with Gasteiger partial charge in [0.1, 0.15) is 5.82 Å². The van der Waals surface area contributed by atoms with Crippen LogP contribution in [0.25, 0.3) is 128 Å². The van der Waals surface area contributed by atoms with Gasteiger partial charge in [0.15, 0.2) is 0 Å². The molecule has 1 aliphatic carbocycles. The summed E-state index contributed by atoms with van der Waals surface area (Å²) in [6.45, 7) is -11.4. The second-order valence-electron chi connectivity index (χ2n) is 22.8. The molecule has 0 saturated carbocycles. The molecule has 440 valence electrons. The van der Waals surface area contributed by atoms with Crippen molar-refractivity contribution in [3.05, 3.63) is 284 Å². The molecule has 0 atom stereocenters. The molecule has 14 aromatic rings. The summed E-state index contributed by atoms with van der Waals surface area (Å²) in [6, 6.07) is 31.4. The van der Waals surface area contributed by atoms with Gasteiger partial charge in [-0.3, -0.25) is 4.57 Å². The number of aromatic nitrogens is 4. The number of ether oxygens (including phenoxy) is 1. The van der Waals surface area contributed by atoms with Crippen molar-refractivity contribution in [3.63, 3.8) is 0 Å². The first-order valence-electron chi connectivity index (χ1n) is 44.4. The van der Waals surface area contributed by atoms with Crippen LogP contribution in [0.15, 0.2) is 248 Å². The van der Waals surface area contributed by atoms with Gasteiger partial charge in [0.05, 0.1) is 38.7 Å². The fourth-order valence-electron chi connectivity index (χ4n) is 12.0. The van der Waals surface area contributed by atoms with Gasteiger partial charge in [-0.05, 0) is 177 Å². The second-order valence-corrected chi connectivity index (χ2v) is 22.8. The summed E-state index contributed by atoms with van der Waals surface area (Å²) in [6.07, 6.45) is -4.19. The average molecular weight is 1370 g/mol. The predicted molar refractivity (Wildman–Crippen MR) is 366 cm³/mol. The van der Waals surface area contributed by atoms with Crippen LogP contribution in [0.1, 0.15) is 121 Å². The Hall–Kier alpha value is -9.67. The van der Waals surface area contributed by atoms with E-state index < -0.39 is 198 Å². The topological polar surface area (TPSA) is 35.9 Å². The third kappa shape index (κ3) is 9.65. The standard InChI is InChI=1S/C84H66N4O.Pt/c1-82(2,3)61-41-44-85-79(50-61)88-76-33-17-16-29-69(76)70-39-37-64(52-78(70)88)89-63-26-18-25-62(51-63)86-53-87-80-65(57-36-40-74-75(49-57)84(6,7)43-42-83(74,4)5)30-19-31-72(80)73-48-56(35-38-68(73)66-27-14-15-28-67(66)71-32-20-34-77(86)81(71)87)60-46-58(54-21-10-8-11-22-54)45-59(47-60)55-23-12-9-13-24-55;/h8-41,44-50H,42-43H2,1-7H3;/q-2;/i4D3,5D3,6D3,7D3,8D,9D,10D,11D,12D,13D,21D,22D,23D,24D,36D,40D,42D2,43D2,45D,46D,47D,49D;. The molecular formula is C84H66N4OPt-2. The zero-order valence-corrected chi connectivity index (χ0v) is 50.2. The number of hydrogen-bond acceptors (Lipinski definition) is 2. The van der Waals surface area contributed by atoms with Crippen molar-refractivity contribution >= 4 is 32.8 Å². The maximum atomic E-state index is 10.7. The van der Waals surface area contributed by atoms with Gasteiger partial charge in [-0.25, -0.2) is 4.98 Å². The van der Waals surface area contributed by atoms with Gasteiger partial charge in [0, 0.05) is 66.2 Å². The maximum Gasteiger partial charge on any atom is 0.268 e. The Labute approximate surface area is 586 Å². The first kappa shape index (κ1) is 31.7. The summed E-state index contributed by atoms with van der Waals surface area (Å²) >= 11 is 0. The molecule has 16 rings (SSSR count). The summed E-state index contributed by atoms with van der Waals surface area (Å²) in [7, 11) is 0. The summed E-state index contributed by atoms with van der Waals surface area (Å²) in [5.41, 5.74) is -13.6. The fraction of sp³-hybridized carbons (Fsp3) is 0.143. The van der Waals surface area contributed by atoms with Crippen LogP contribution < -0.4 is 9.30 Å². The van der Waals surface area contributed by atoms with Crippen LogP contribution in [-0.4, -0.2) is 14.1 Å². The van der Waals surface area contributed by atoms with Crippen molar-refractivity contribution in [3.8, 4) is 107 Å². The SMILES string of the molecule is [2H]c1c([2H])c([2H])c(-c2c([2H])c(-c3ccc4c(c3)-c3cccc(-c5c([2H])c([2H])c6c(c5[2H])C(C([2H])([2H])[2H])(C([2H])([2H])[2H])C([2H])([2H])C([2H])([2H])C6(C([2H])([2H])[2H])C([2H])([2H])[2H])c3-[n+]3[c-]n(-c5[c-]c(Oc6[c-]c7c(cc6)c6ccccc6n7-c6cc(C(C)(C)C)ccn6)ccc5)c5cccc(c53)-c3ccccc3-4)c([2H])c(-c3c([2H])c([2H])c([2H])c([2H])c3[2H])c2[2H])c([2H])c1[2H].[Pt]. The Kier molecular flexibility index (Phi) is 7.68. The molecule has 0 bridgehead atoms. The van der Waals surface area contributed by atoms with Crippen molar-refractivity contribution in [1.29, 1.82) is 0 Å². The van der Waals surface area contributed by atoms with E-state index in [0.29, 0.717) is 28.0 Å². The van der Waals surface area contributed by atoms with E-state index in [1.54, 1.807) is 77.5 Å². The Balaban J connectivity index is 0.0000116. The van der Waals surface area contributed by atoms with Gasteiger partial charge in [0.2, 0.25) is 0 Å². The van der Waals surface area contributed by atoms with E-state index in [0.717, 1.165) is 21.9 Å². The number of hydrogen-bond donors (Lipinski definition) is 0. The molecule has 2 aliphatic rings. The molecule has 0 amide bonds. The predicted octanol–water partition coefficient (Wildman–Crippen LogP) is 21.2. The van der Waals surface area contributed by atoms with Gasteiger partial charge in [-0.2, -0.15) is 18.2 Å².